The van der Waals surface area contributed by atoms with E-state index in [1.807, 2.05) is 25.1 Å². The van der Waals surface area contributed by atoms with Crippen LogP contribution in [0.5, 0.6) is 17.2 Å². The maximum Gasteiger partial charge on any atom is 0.125 e. The Morgan fingerprint density at radius 1 is 1.15 bits per heavy atom. The first-order valence-corrected chi connectivity index (χ1v) is 9.32. The molecule has 0 saturated heterocycles. The molecule has 1 heterocycles. The lowest BCUT2D eigenvalue weighted by molar-refractivity contribution is 0.0842. The Morgan fingerprint density at radius 2 is 1.81 bits per heavy atom. The van der Waals surface area contributed by atoms with Crippen molar-refractivity contribution in [2.24, 2.45) is 0 Å². The minimum absolute atomic E-state index is 0.251. The van der Waals surface area contributed by atoms with Crippen LogP contribution in [-0.2, 0) is 13.1 Å². The standard InChI is InChI=1S/C22H29NO4/c1-13(2)16-9-15(14(3)8-18(16)24)10-23-11-17-20(26-4)6-7-21(27-5)22(17)19(25)12-23/h6-9,13,19,24-25H,10-12H2,1-5H3. The van der Waals surface area contributed by atoms with Crippen molar-refractivity contribution in [1.29, 1.82) is 0 Å². The van der Waals surface area contributed by atoms with Crippen LogP contribution in [0.15, 0.2) is 24.3 Å². The van der Waals surface area contributed by atoms with E-state index in [1.165, 1.54) is 0 Å². The molecule has 0 aromatic heterocycles. The fourth-order valence-electron chi connectivity index (χ4n) is 3.90. The van der Waals surface area contributed by atoms with Gasteiger partial charge in [-0.15, -0.1) is 0 Å². The normalized spacial score (nSPS) is 17.1. The summed E-state index contributed by atoms with van der Waals surface area (Å²) in [6, 6.07) is 7.65. The van der Waals surface area contributed by atoms with Gasteiger partial charge in [-0.2, -0.15) is 0 Å². The molecule has 0 saturated carbocycles. The lowest BCUT2D eigenvalue weighted by Gasteiger charge is -2.34. The molecule has 1 aliphatic rings. The van der Waals surface area contributed by atoms with E-state index in [9.17, 15) is 10.2 Å². The second-order valence-electron chi connectivity index (χ2n) is 7.54. The molecule has 2 aromatic carbocycles. The van der Waals surface area contributed by atoms with Gasteiger partial charge in [0, 0.05) is 30.8 Å². The molecule has 0 amide bonds. The van der Waals surface area contributed by atoms with Crippen LogP contribution in [-0.4, -0.2) is 35.9 Å². The number of aromatic hydroxyl groups is 1. The second-order valence-corrected chi connectivity index (χ2v) is 7.54. The van der Waals surface area contributed by atoms with Gasteiger partial charge >= 0.3 is 0 Å². The number of benzene rings is 2. The van der Waals surface area contributed by atoms with Gasteiger partial charge in [-0.05, 0) is 47.7 Å². The number of aliphatic hydroxyl groups excluding tert-OH is 1. The van der Waals surface area contributed by atoms with Crippen molar-refractivity contribution in [2.75, 3.05) is 20.8 Å². The Hall–Kier alpha value is -2.24. The summed E-state index contributed by atoms with van der Waals surface area (Å²) in [6.45, 7) is 8.05. The van der Waals surface area contributed by atoms with Crippen LogP contribution in [0.3, 0.4) is 0 Å². The summed E-state index contributed by atoms with van der Waals surface area (Å²) in [5, 5.41) is 21.0. The zero-order valence-corrected chi connectivity index (χ0v) is 16.7. The molecule has 146 valence electrons. The van der Waals surface area contributed by atoms with Crippen LogP contribution in [0.4, 0.5) is 0 Å². The highest BCUT2D eigenvalue weighted by molar-refractivity contribution is 5.51. The first-order chi connectivity index (χ1) is 12.8. The van der Waals surface area contributed by atoms with Crippen molar-refractivity contribution in [3.63, 3.8) is 0 Å². The molecule has 0 radical (unpaired) electrons. The number of phenols is 1. The number of β-amino-alcohol motifs (C(OH)–C–C–N with tert-alkyl or cyclic N) is 1. The number of rotatable bonds is 5. The minimum atomic E-state index is -0.638. The van der Waals surface area contributed by atoms with Crippen LogP contribution in [0, 0.1) is 6.92 Å². The van der Waals surface area contributed by atoms with Crippen molar-refractivity contribution in [1.82, 2.24) is 4.90 Å². The molecule has 5 heteroatoms. The van der Waals surface area contributed by atoms with Crippen molar-refractivity contribution >= 4 is 0 Å². The molecule has 2 N–H and O–H groups in total. The Bertz CT molecular complexity index is 832. The van der Waals surface area contributed by atoms with Gasteiger partial charge in [-0.3, -0.25) is 4.90 Å². The molecule has 0 aliphatic carbocycles. The largest absolute Gasteiger partial charge is 0.508 e. The quantitative estimate of drug-likeness (QED) is 0.835. The maximum atomic E-state index is 10.8. The zero-order valence-electron chi connectivity index (χ0n) is 16.7. The van der Waals surface area contributed by atoms with Gasteiger partial charge in [-0.1, -0.05) is 19.9 Å². The lowest BCUT2D eigenvalue weighted by Crippen LogP contribution is -2.34. The molecule has 0 bridgehead atoms. The van der Waals surface area contributed by atoms with Crippen LogP contribution < -0.4 is 9.47 Å². The number of methoxy groups -OCH3 is 2. The number of aryl methyl sites for hydroxylation is 1. The predicted molar refractivity (Wildman–Crippen MR) is 106 cm³/mol. The topological polar surface area (TPSA) is 62.2 Å². The smallest absolute Gasteiger partial charge is 0.125 e. The average molecular weight is 371 g/mol. The van der Waals surface area contributed by atoms with Crippen molar-refractivity contribution in [2.45, 2.75) is 45.9 Å². The molecule has 1 atom stereocenters. The third kappa shape index (κ3) is 3.75. The predicted octanol–water partition coefficient (Wildman–Crippen LogP) is 3.89. The summed E-state index contributed by atoms with van der Waals surface area (Å²) in [7, 11) is 3.26. The minimum Gasteiger partial charge on any atom is -0.508 e. The molecule has 27 heavy (non-hydrogen) atoms. The van der Waals surface area contributed by atoms with Crippen LogP contribution in [0.1, 0.15) is 53.7 Å². The van der Waals surface area contributed by atoms with Crippen molar-refractivity contribution in [3.8, 4) is 17.2 Å². The third-order valence-corrected chi connectivity index (χ3v) is 5.36. The molecular formula is C22H29NO4. The van der Waals surface area contributed by atoms with Crippen LogP contribution in [0.25, 0.3) is 0 Å². The van der Waals surface area contributed by atoms with Crippen LogP contribution >= 0.6 is 0 Å². The fourth-order valence-corrected chi connectivity index (χ4v) is 3.90. The Balaban J connectivity index is 1.93. The van der Waals surface area contributed by atoms with E-state index in [4.69, 9.17) is 9.47 Å². The summed E-state index contributed by atoms with van der Waals surface area (Å²) < 4.78 is 11.0. The van der Waals surface area contributed by atoms with E-state index in [0.29, 0.717) is 31.1 Å². The van der Waals surface area contributed by atoms with Gasteiger partial charge in [0.25, 0.3) is 0 Å². The summed E-state index contributed by atoms with van der Waals surface area (Å²) in [6.07, 6.45) is -0.638. The van der Waals surface area contributed by atoms with Gasteiger partial charge in [0.15, 0.2) is 0 Å². The van der Waals surface area contributed by atoms with E-state index in [-0.39, 0.29) is 5.92 Å². The van der Waals surface area contributed by atoms with Gasteiger partial charge in [-0.25, -0.2) is 0 Å². The van der Waals surface area contributed by atoms with Gasteiger partial charge in [0.2, 0.25) is 0 Å². The van der Waals surface area contributed by atoms with E-state index in [1.54, 1.807) is 14.2 Å². The molecule has 1 aliphatic heterocycles. The number of phenolic OH excluding ortho intramolecular Hbond substituents is 1. The highest BCUT2D eigenvalue weighted by Crippen LogP contribution is 2.40. The molecular weight excluding hydrogens is 342 g/mol. The number of hydrogen-bond donors (Lipinski definition) is 2. The third-order valence-electron chi connectivity index (χ3n) is 5.36. The Morgan fingerprint density at radius 3 is 2.44 bits per heavy atom. The first-order valence-electron chi connectivity index (χ1n) is 9.32. The highest BCUT2D eigenvalue weighted by atomic mass is 16.5. The van der Waals surface area contributed by atoms with Crippen molar-refractivity contribution < 1.29 is 19.7 Å². The summed E-state index contributed by atoms with van der Waals surface area (Å²) in [5.74, 6) is 2.06. The van der Waals surface area contributed by atoms with Gasteiger partial charge < -0.3 is 19.7 Å². The van der Waals surface area contributed by atoms with E-state index < -0.39 is 6.10 Å². The Kier molecular flexibility index (Phi) is 5.63. The first kappa shape index (κ1) is 19.5. The second kappa shape index (κ2) is 7.79. The number of fused-ring (bicyclic) bond motifs is 1. The Labute approximate surface area is 161 Å². The highest BCUT2D eigenvalue weighted by Gasteiger charge is 2.30. The molecule has 0 spiro atoms. The summed E-state index contributed by atoms with van der Waals surface area (Å²) in [4.78, 5) is 2.21. The number of ether oxygens (including phenoxy) is 2. The van der Waals surface area contributed by atoms with Gasteiger partial charge in [0.05, 0.1) is 20.3 Å². The fraction of sp³-hybridized carbons (Fsp3) is 0.455. The SMILES string of the molecule is COc1ccc(OC)c2c1CN(Cc1cc(C(C)C)c(O)cc1C)CC2O. The molecule has 0 fully saturated rings. The molecule has 1 unspecified atom stereocenters. The van der Waals surface area contributed by atoms with E-state index in [0.717, 1.165) is 33.6 Å². The number of nitrogens with zero attached hydrogens (tertiary/aromatic N) is 1. The van der Waals surface area contributed by atoms with Crippen molar-refractivity contribution in [3.05, 3.63) is 52.1 Å². The average Bonchev–Trinajstić information content (AvgIpc) is 2.62. The zero-order chi connectivity index (χ0) is 19.7. The summed E-state index contributed by atoms with van der Waals surface area (Å²) >= 11 is 0. The van der Waals surface area contributed by atoms with Crippen LogP contribution in [0.2, 0.25) is 0 Å². The lowest BCUT2D eigenvalue weighted by atomic mass is 9.93. The molecule has 2 aromatic rings. The monoisotopic (exact) mass is 371 g/mol. The van der Waals surface area contributed by atoms with Gasteiger partial charge in [0.1, 0.15) is 17.2 Å². The number of hydrogen-bond acceptors (Lipinski definition) is 5. The molecule has 3 rings (SSSR count). The summed E-state index contributed by atoms with van der Waals surface area (Å²) in [5.41, 5.74) is 4.95. The number of aliphatic hydroxyl groups is 1. The van der Waals surface area contributed by atoms with E-state index >= 15 is 0 Å². The van der Waals surface area contributed by atoms with E-state index in [2.05, 4.69) is 24.8 Å². The maximum absolute atomic E-state index is 10.8. The molecule has 5 nitrogen and oxygen atoms in total.